The number of tetrazole rings is 1. The number of rotatable bonds is 7. The molecule has 2 aliphatic carbocycles. The van der Waals surface area contributed by atoms with Crippen molar-refractivity contribution >= 4 is 5.97 Å². The molecule has 0 radical (unpaired) electrons. The van der Waals surface area contributed by atoms with Crippen molar-refractivity contribution in [2.24, 2.45) is 11.8 Å². The van der Waals surface area contributed by atoms with E-state index in [0.717, 1.165) is 30.4 Å². The van der Waals surface area contributed by atoms with Gasteiger partial charge >= 0.3 is 5.97 Å². The molecule has 3 rings (SSSR count). The number of halogens is 1. The van der Waals surface area contributed by atoms with Gasteiger partial charge in [0.25, 0.3) is 0 Å². The van der Waals surface area contributed by atoms with Gasteiger partial charge in [0, 0.05) is 18.0 Å². The molecule has 0 aliphatic heterocycles. The molecule has 0 bridgehead atoms. The van der Waals surface area contributed by atoms with Crippen LogP contribution < -0.4 is 5.32 Å². The molecular formula is C23H30FN5O2. The number of hydrogen-bond acceptors (Lipinski definition) is 5. The van der Waals surface area contributed by atoms with Crippen molar-refractivity contribution in [3.8, 4) is 11.8 Å². The van der Waals surface area contributed by atoms with Crippen molar-refractivity contribution in [1.82, 2.24) is 25.9 Å². The quantitative estimate of drug-likeness (QED) is 0.577. The monoisotopic (exact) mass is 427 g/mol. The number of aliphatic carboxylic acids is 1. The molecule has 0 fully saturated rings. The Morgan fingerprint density at radius 2 is 2.23 bits per heavy atom. The smallest absolute Gasteiger partial charge is 0.308 e. The lowest BCUT2D eigenvalue weighted by atomic mass is 9.83. The lowest BCUT2D eigenvalue weighted by molar-refractivity contribution is -0.142. The van der Waals surface area contributed by atoms with E-state index in [9.17, 15) is 14.3 Å². The molecule has 0 aromatic carbocycles. The highest BCUT2D eigenvalue weighted by atomic mass is 19.1. The van der Waals surface area contributed by atoms with E-state index >= 15 is 0 Å². The van der Waals surface area contributed by atoms with Crippen LogP contribution in [0.3, 0.4) is 0 Å². The Kier molecular flexibility index (Phi) is 7.75. The van der Waals surface area contributed by atoms with Gasteiger partial charge in [-0.05, 0) is 49.8 Å². The van der Waals surface area contributed by atoms with E-state index in [0.29, 0.717) is 18.0 Å². The summed E-state index contributed by atoms with van der Waals surface area (Å²) < 4.78 is 15.0. The van der Waals surface area contributed by atoms with Crippen LogP contribution in [0.15, 0.2) is 34.9 Å². The number of H-pyrrole nitrogens is 1. The van der Waals surface area contributed by atoms with Gasteiger partial charge in [-0.15, -0.1) is 10.2 Å². The summed E-state index contributed by atoms with van der Waals surface area (Å²) in [5, 5.41) is 26.8. The third-order valence-corrected chi connectivity index (χ3v) is 5.86. The fourth-order valence-electron chi connectivity index (χ4n) is 4.13. The Bertz CT molecular complexity index is 924. The summed E-state index contributed by atoms with van der Waals surface area (Å²) in [6, 6.07) is 0.457. The predicted octanol–water partition coefficient (Wildman–Crippen LogP) is 3.33. The fraction of sp³-hybridized carbons (Fsp3) is 0.565. The molecule has 31 heavy (non-hydrogen) atoms. The largest absolute Gasteiger partial charge is 0.481 e. The summed E-state index contributed by atoms with van der Waals surface area (Å²) in [5.74, 6) is 3.97. The van der Waals surface area contributed by atoms with Crippen molar-refractivity contribution < 1.29 is 14.3 Å². The van der Waals surface area contributed by atoms with Gasteiger partial charge in [0.15, 0.2) is 5.82 Å². The molecule has 1 heterocycles. The van der Waals surface area contributed by atoms with Crippen LogP contribution in [-0.2, 0) is 4.79 Å². The van der Waals surface area contributed by atoms with Gasteiger partial charge in [0.05, 0.1) is 11.8 Å². The first-order valence-corrected chi connectivity index (χ1v) is 10.8. The van der Waals surface area contributed by atoms with E-state index in [1.54, 1.807) is 0 Å². The molecule has 1 aromatic heterocycles. The maximum absolute atomic E-state index is 15.0. The summed E-state index contributed by atoms with van der Waals surface area (Å²) in [6.07, 6.45) is 8.07. The maximum atomic E-state index is 15.0. The number of carbonyl (C=O) groups is 1. The molecule has 166 valence electrons. The Morgan fingerprint density at radius 3 is 2.77 bits per heavy atom. The molecular weight excluding hydrogens is 397 g/mol. The highest BCUT2D eigenvalue weighted by Crippen LogP contribution is 2.33. The van der Waals surface area contributed by atoms with E-state index in [2.05, 4.69) is 43.9 Å². The zero-order valence-electron chi connectivity index (χ0n) is 18.2. The molecule has 0 saturated carbocycles. The van der Waals surface area contributed by atoms with Crippen molar-refractivity contribution in [2.75, 3.05) is 7.05 Å². The third kappa shape index (κ3) is 5.88. The minimum atomic E-state index is -1.11. The van der Waals surface area contributed by atoms with E-state index in [1.165, 1.54) is 0 Å². The first kappa shape index (κ1) is 22.9. The molecule has 4 atom stereocenters. The zero-order chi connectivity index (χ0) is 22.4. The van der Waals surface area contributed by atoms with Crippen LogP contribution in [0.5, 0.6) is 0 Å². The lowest BCUT2D eigenvalue weighted by Gasteiger charge is -2.25. The normalized spacial score (nSPS) is 23.2. The molecule has 1 aromatic rings. The second-order valence-corrected chi connectivity index (χ2v) is 8.57. The highest BCUT2D eigenvalue weighted by Gasteiger charge is 2.32. The summed E-state index contributed by atoms with van der Waals surface area (Å²) >= 11 is 0. The van der Waals surface area contributed by atoms with Crippen molar-refractivity contribution in [3.63, 3.8) is 0 Å². The number of nitrogens with zero attached hydrogens (tertiary/aromatic N) is 3. The van der Waals surface area contributed by atoms with Crippen LogP contribution in [0.1, 0.15) is 57.7 Å². The third-order valence-electron chi connectivity index (χ3n) is 5.86. The molecule has 0 spiro atoms. The van der Waals surface area contributed by atoms with Gasteiger partial charge in [-0.3, -0.25) is 4.79 Å². The summed E-state index contributed by atoms with van der Waals surface area (Å²) in [4.78, 5) is 11.9. The lowest BCUT2D eigenvalue weighted by Crippen LogP contribution is -2.27. The average Bonchev–Trinajstić information content (AvgIpc) is 3.27. The van der Waals surface area contributed by atoms with Gasteiger partial charge < -0.3 is 10.4 Å². The van der Waals surface area contributed by atoms with Crippen molar-refractivity contribution in [1.29, 1.82) is 0 Å². The average molecular weight is 428 g/mol. The number of aromatic amines is 1. The van der Waals surface area contributed by atoms with Crippen LogP contribution in [0.4, 0.5) is 4.39 Å². The van der Waals surface area contributed by atoms with Crippen molar-refractivity contribution in [3.05, 3.63) is 40.8 Å². The van der Waals surface area contributed by atoms with E-state index in [4.69, 9.17) is 0 Å². The molecule has 0 saturated heterocycles. The molecule has 4 unspecified atom stereocenters. The van der Waals surface area contributed by atoms with Crippen LogP contribution in [0, 0.1) is 23.7 Å². The van der Waals surface area contributed by atoms with Crippen LogP contribution in [-0.4, -0.2) is 51.0 Å². The SMILES string of the molecule is CNC1CC=C(C2=CC=C(C#CC(c3nn[nH]n3)C(CC(C)C)C(=O)O)CC2F)CC1. The fourth-order valence-corrected chi connectivity index (χ4v) is 4.13. The first-order chi connectivity index (χ1) is 14.9. The standard InChI is InChI=1S/C23H30FN5O2/c1-14(2)12-20(23(30)31)19(22-26-28-29-27-22)11-5-15-4-10-18(21(24)13-15)16-6-8-17(25-3)9-7-16/h4,6,10,14,17,19-21,25H,7-9,12-13H2,1-3H3,(H,30,31)(H,26,27,28,29). The van der Waals surface area contributed by atoms with Crippen LogP contribution in [0.25, 0.3) is 0 Å². The highest BCUT2D eigenvalue weighted by molar-refractivity contribution is 5.72. The molecule has 0 amide bonds. The second-order valence-electron chi connectivity index (χ2n) is 8.57. The molecule has 2 aliphatic rings. The van der Waals surface area contributed by atoms with E-state index < -0.39 is 24.0 Å². The Balaban J connectivity index is 1.82. The van der Waals surface area contributed by atoms with Gasteiger partial charge in [0.2, 0.25) is 0 Å². The minimum Gasteiger partial charge on any atom is -0.481 e. The number of alkyl halides is 1. The summed E-state index contributed by atoms with van der Waals surface area (Å²) in [5.41, 5.74) is 2.45. The Hall–Kier alpha value is -2.79. The molecule has 3 N–H and O–H groups in total. The van der Waals surface area contributed by atoms with Crippen molar-refractivity contribution in [2.45, 2.75) is 64.1 Å². The van der Waals surface area contributed by atoms with Gasteiger partial charge in [-0.25, -0.2) is 4.39 Å². The van der Waals surface area contributed by atoms with E-state index in [1.807, 2.05) is 33.0 Å². The number of aromatic nitrogens is 4. The predicted molar refractivity (Wildman–Crippen MR) is 116 cm³/mol. The van der Waals surface area contributed by atoms with Gasteiger partial charge in [0.1, 0.15) is 6.17 Å². The minimum absolute atomic E-state index is 0.165. The summed E-state index contributed by atoms with van der Waals surface area (Å²) in [6.45, 7) is 3.91. The summed E-state index contributed by atoms with van der Waals surface area (Å²) in [7, 11) is 1.95. The molecule has 8 heteroatoms. The number of hydrogen-bond donors (Lipinski definition) is 3. The second kappa shape index (κ2) is 10.5. The van der Waals surface area contributed by atoms with Crippen LogP contribution >= 0.6 is 0 Å². The number of carboxylic acid groups (broad SMARTS) is 1. The molecule has 7 nitrogen and oxygen atoms in total. The maximum Gasteiger partial charge on any atom is 0.308 e. The number of allylic oxidation sites excluding steroid dienone is 5. The number of carboxylic acids is 1. The van der Waals surface area contributed by atoms with Gasteiger partial charge in [-0.2, -0.15) is 5.21 Å². The zero-order valence-corrected chi connectivity index (χ0v) is 18.2. The first-order valence-electron chi connectivity index (χ1n) is 10.8. The topological polar surface area (TPSA) is 104 Å². The Morgan fingerprint density at radius 1 is 1.42 bits per heavy atom. The van der Waals surface area contributed by atoms with E-state index in [-0.39, 0.29) is 18.2 Å². The van der Waals surface area contributed by atoms with Crippen LogP contribution in [0.2, 0.25) is 0 Å². The number of nitrogens with one attached hydrogen (secondary N) is 2. The Labute approximate surface area is 182 Å². The van der Waals surface area contributed by atoms with Gasteiger partial charge in [-0.1, -0.05) is 49.1 Å².